The molecule has 0 aromatic heterocycles. The highest BCUT2D eigenvalue weighted by Crippen LogP contribution is 2.38. The number of likely N-dealkylation sites (tertiary alicyclic amines) is 1. The van der Waals surface area contributed by atoms with Gasteiger partial charge in [0.2, 0.25) is 10.0 Å². The maximum atomic E-state index is 13.2. The number of alkyl halides is 6. The third kappa shape index (κ3) is 5.44. The Morgan fingerprint density at radius 2 is 1.53 bits per heavy atom. The molecule has 32 heavy (non-hydrogen) atoms. The van der Waals surface area contributed by atoms with Gasteiger partial charge in [-0.2, -0.15) is 30.6 Å². The molecule has 2 aromatic rings. The summed E-state index contributed by atoms with van der Waals surface area (Å²) in [5.74, 6) is 0. The quantitative estimate of drug-likeness (QED) is 0.546. The SMILES string of the molecule is CCN(C1CCN(Cc2ccccc2)C1)S(=O)(=O)c1cc(C(F)(F)F)cc(C(F)(F)F)c1. The van der Waals surface area contributed by atoms with Crippen molar-refractivity contribution < 1.29 is 34.8 Å². The van der Waals surface area contributed by atoms with Gasteiger partial charge in [0.05, 0.1) is 16.0 Å². The largest absolute Gasteiger partial charge is 0.416 e. The number of sulfonamides is 1. The van der Waals surface area contributed by atoms with E-state index in [-0.39, 0.29) is 24.7 Å². The van der Waals surface area contributed by atoms with E-state index in [1.54, 1.807) is 0 Å². The van der Waals surface area contributed by atoms with E-state index < -0.39 is 44.4 Å². The molecule has 1 aliphatic heterocycles. The Kier molecular flexibility index (Phi) is 6.92. The number of likely N-dealkylation sites (N-methyl/N-ethyl adjacent to an activating group) is 1. The van der Waals surface area contributed by atoms with Gasteiger partial charge >= 0.3 is 12.4 Å². The molecule has 1 saturated heterocycles. The third-order valence-corrected chi connectivity index (χ3v) is 7.39. The molecule has 0 bridgehead atoms. The summed E-state index contributed by atoms with van der Waals surface area (Å²) < 4.78 is 106. The van der Waals surface area contributed by atoms with E-state index in [1.165, 1.54) is 6.92 Å². The summed E-state index contributed by atoms with van der Waals surface area (Å²) in [6.07, 6.45) is -9.82. The summed E-state index contributed by atoms with van der Waals surface area (Å²) in [4.78, 5) is 0.994. The number of hydrogen-bond acceptors (Lipinski definition) is 3. The van der Waals surface area contributed by atoms with Gasteiger partial charge in [0.15, 0.2) is 0 Å². The van der Waals surface area contributed by atoms with Gasteiger partial charge in [-0.05, 0) is 30.2 Å². The van der Waals surface area contributed by atoms with E-state index in [1.807, 2.05) is 35.2 Å². The smallest absolute Gasteiger partial charge is 0.297 e. The van der Waals surface area contributed by atoms with Gasteiger partial charge in [-0.25, -0.2) is 8.42 Å². The number of hydrogen-bond donors (Lipinski definition) is 0. The molecule has 3 rings (SSSR count). The number of halogens is 6. The molecule has 2 aromatic carbocycles. The topological polar surface area (TPSA) is 40.6 Å². The molecule has 176 valence electrons. The summed E-state index contributed by atoms with van der Waals surface area (Å²) in [5.41, 5.74) is -2.29. The van der Waals surface area contributed by atoms with Gasteiger partial charge < -0.3 is 0 Å². The summed E-state index contributed by atoms with van der Waals surface area (Å²) in [5, 5.41) is 0. The van der Waals surface area contributed by atoms with Crippen molar-refractivity contribution in [2.24, 2.45) is 0 Å². The first kappa shape index (κ1) is 24.5. The zero-order valence-corrected chi connectivity index (χ0v) is 17.9. The van der Waals surface area contributed by atoms with Crippen LogP contribution >= 0.6 is 0 Å². The maximum absolute atomic E-state index is 13.2. The molecule has 11 heteroatoms. The first-order valence-corrected chi connectivity index (χ1v) is 11.3. The standard InChI is InChI=1S/C21H22F6N2O2S/c1-2-29(18-8-9-28(14-18)13-15-6-4-3-5-7-15)32(30,31)19-11-16(20(22,23)24)10-17(12-19)21(25,26)27/h3-7,10-12,18H,2,8-9,13-14H2,1H3. The van der Waals surface area contributed by atoms with Gasteiger partial charge in [-0.3, -0.25) is 4.90 Å². The minimum absolute atomic E-state index is 0.0769. The Morgan fingerprint density at radius 3 is 2.03 bits per heavy atom. The van der Waals surface area contributed by atoms with Crippen LogP contribution in [0.2, 0.25) is 0 Å². The Balaban J connectivity index is 1.90. The van der Waals surface area contributed by atoms with E-state index in [4.69, 9.17) is 0 Å². The van der Waals surface area contributed by atoms with Crippen molar-refractivity contribution in [3.63, 3.8) is 0 Å². The van der Waals surface area contributed by atoms with Crippen molar-refractivity contribution in [2.45, 2.75) is 43.2 Å². The molecular formula is C21H22F6N2O2S. The van der Waals surface area contributed by atoms with E-state index in [0.29, 0.717) is 26.1 Å². The van der Waals surface area contributed by atoms with Crippen LogP contribution in [0.4, 0.5) is 26.3 Å². The number of benzene rings is 2. The van der Waals surface area contributed by atoms with Gasteiger partial charge in [-0.1, -0.05) is 37.3 Å². The van der Waals surface area contributed by atoms with E-state index in [0.717, 1.165) is 9.87 Å². The van der Waals surface area contributed by atoms with Gasteiger partial charge in [-0.15, -0.1) is 0 Å². The van der Waals surface area contributed by atoms with Crippen molar-refractivity contribution in [1.29, 1.82) is 0 Å². The van der Waals surface area contributed by atoms with Crippen LogP contribution < -0.4 is 0 Å². The molecule has 1 heterocycles. The first-order chi connectivity index (χ1) is 14.8. The van der Waals surface area contributed by atoms with Gasteiger partial charge in [0, 0.05) is 32.2 Å². The molecule has 0 N–H and O–H groups in total. The average Bonchev–Trinajstić information content (AvgIpc) is 3.15. The summed E-state index contributed by atoms with van der Waals surface area (Å²) in [6, 6.07) is 9.35. The Bertz CT molecular complexity index is 1010. The molecule has 1 unspecified atom stereocenters. The molecule has 1 fully saturated rings. The minimum Gasteiger partial charge on any atom is -0.297 e. The van der Waals surface area contributed by atoms with Crippen molar-refractivity contribution in [2.75, 3.05) is 19.6 Å². The van der Waals surface area contributed by atoms with Crippen molar-refractivity contribution in [3.8, 4) is 0 Å². The van der Waals surface area contributed by atoms with Crippen molar-refractivity contribution in [1.82, 2.24) is 9.21 Å². The molecule has 0 aliphatic carbocycles. The summed E-state index contributed by atoms with van der Waals surface area (Å²) in [6.45, 7) is 2.88. The van der Waals surface area contributed by atoms with Crippen LogP contribution in [-0.2, 0) is 28.9 Å². The predicted molar refractivity (Wildman–Crippen MR) is 106 cm³/mol. The monoisotopic (exact) mass is 480 g/mol. The van der Waals surface area contributed by atoms with Crippen LogP contribution in [0.3, 0.4) is 0 Å². The lowest BCUT2D eigenvalue weighted by Crippen LogP contribution is -2.41. The Labute approximate surface area is 182 Å². The highest BCUT2D eigenvalue weighted by Gasteiger charge is 2.40. The first-order valence-electron chi connectivity index (χ1n) is 9.90. The van der Waals surface area contributed by atoms with Gasteiger partial charge in [0.1, 0.15) is 0 Å². The zero-order chi connectivity index (χ0) is 23.7. The molecule has 0 radical (unpaired) electrons. The van der Waals surface area contributed by atoms with E-state index >= 15 is 0 Å². The molecule has 4 nitrogen and oxygen atoms in total. The van der Waals surface area contributed by atoms with Crippen LogP contribution in [0.5, 0.6) is 0 Å². The lowest BCUT2D eigenvalue weighted by molar-refractivity contribution is -0.143. The van der Waals surface area contributed by atoms with Crippen molar-refractivity contribution >= 4 is 10.0 Å². The van der Waals surface area contributed by atoms with Crippen LogP contribution in [0, 0.1) is 0 Å². The second-order valence-corrected chi connectivity index (χ2v) is 9.50. The normalized spacial score (nSPS) is 18.4. The predicted octanol–water partition coefficient (Wildman–Crippen LogP) is 5.01. The fourth-order valence-corrected chi connectivity index (χ4v) is 5.59. The molecule has 0 amide bonds. The third-order valence-electron chi connectivity index (χ3n) is 5.38. The number of nitrogens with zero attached hydrogens (tertiary/aromatic N) is 2. The second kappa shape index (κ2) is 9.03. The van der Waals surface area contributed by atoms with Crippen LogP contribution in [0.25, 0.3) is 0 Å². The Morgan fingerprint density at radius 1 is 0.969 bits per heavy atom. The summed E-state index contributed by atoms with van der Waals surface area (Å²) >= 11 is 0. The van der Waals surface area contributed by atoms with Gasteiger partial charge in [0.25, 0.3) is 0 Å². The van der Waals surface area contributed by atoms with Crippen LogP contribution in [-0.4, -0.2) is 43.3 Å². The Hall–Kier alpha value is -2.11. The lowest BCUT2D eigenvalue weighted by Gasteiger charge is -2.28. The fraction of sp³-hybridized carbons (Fsp3) is 0.429. The van der Waals surface area contributed by atoms with E-state index in [9.17, 15) is 34.8 Å². The van der Waals surface area contributed by atoms with Crippen LogP contribution in [0.1, 0.15) is 30.0 Å². The maximum Gasteiger partial charge on any atom is 0.416 e. The number of rotatable bonds is 6. The highest BCUT2D eigenvalue weighted by atomic mass is 32.2. The average molecular weight is 480 g/mol. The molecule has 1 aliphatic rings. The molecule has 1 atom stereocenters. The minimum atomic E-state index is -5.12. The fourth-order valence-electron chi connectivity index (χ4n) is 3.87. The lowest BCUT2D eigenvalue weighted by atomic mass is 10.1. The molecule has 0 spiro atoms. The van der Waals surface area contributed by atoms with E-state index in [2.05, 4.69) is 0 Å². The molecule has 0 saturated carbocycles. The second-order valence-electron chi connectivity index (χ2n) is 7.61. The summed E-state index contributed by atoms with van der Waals surface area (Å²) in [7, 11) is -4.59. The zero-order valence-electron chi connectivity index (χ0n) is 17.1. The molecular weight excluding hydrogens is 458 g/mol. The van der Waals surface area contributed by atoms with Crippen molar-refractivity contribution in [3.05, 3.63) is 65.2 Å². The van der Waals surface area contributed by atoms with Crippen LogP contribution in [0.15, 0.2) is 53.4 Å². The highest BCUT2D eigenvalue weighted by molar-refractivity contribution is 7.89.